The van der Waals surface area contributed by atoms with E-state index in [9.17, 15) is 10.2 Å². The zero-order valence-electron chi connectivity index (χ0n) is 15.4. The summed E-state index contributed by atoms with van der Waals surface area (Å²) in [6.45, 7) is 1.88. The maximum atomic E-state index is 11.0. The van der Waals surface area contributed by atoms with Gasteiger partial charge in [0.25, 0.3) is 0 Å². The van der Waals surface area contributed by atoms with Crippen molar-refractivity contribution in [1.82, 2.24) is 0 Å². The molecule has 0 aliphatic heterocycles. The number of para-hydroxylation sites is 1. The average molecular weight is 368 g/mol. The summed E-state index contributed by atoms with van der Waals surface area (Å²) in [5, 5.41) is 26.3. The first-order chi connectivity index (χ1) is 13.6. The molecule has 0 aromatic heterocycles. The lowest BCUT2D eigenvalue weighted by Crippen LogP contribution is -1.97. The van der Waals surface area contributed by atoms with E-state index in [0.29, 0.717) is 22.1 Å². The van der Waals surface area contributed by atoms with Crippen LogP contribution >= 0.6 is 0 Å². The van der Waals surface area contributed by atoms with Gasteiger partial charge in [-0.05, 0) is 24.6 Å². The lowest BCUT2D eigenvalue weighted by molar-refractivity contribution is 0.473. The number of rotatable bonds is 4. The third kappa shape index (κ3) is 3.28. The third-order valence-electron chi connectivity index (χ3n) is 4.65. The van der Waals surface area contributed by atoms with Crippen molar-refractivity contribution >= 4 is 33.5 Å². The monoisotopic (exact) mass is 368 g/mol. The predicted octanol–water partition coefficient (Wildman–Crippen LogP) is 6.14. The molecule has 4 aromatic rings. The van der Waals surface area contributed by atoms with Crippen LogP contribution in [-0.4, -0.2) is 15.9 Å². The Morgan fingerprint density at radius 1 is 0.714 bits per heavy atom. The zero-order valence-corrected chi connectivity index (χ0v) is 15.4. The van der Waals surface area contributed by atoms with Crippen LogP contribution in [0.15, 0.2) is 89.9 Å². The highest BCUT2D eigenvalue weighted by atomic mass is 16.3. The van der Waals surface area contributed by atoms with Gasteiger partial charge in [-0.3, -0.25) is 0 Å². The van der Waals surface area contributed by atoms with Crippen LogP contribution in [0.4, 0.5) is 17.1 Å². The molecule has 0 aliphatic rings. The smallest absolute Gasteiger partial charge is 0.151 e. The van der Waals surface area contributed by atoms with Crippen molar-refractivity contribution in [2.24, 2.45) is 4.99 Å². The number of fused-ring (bicyclic) bond motifs is 1. The molecule has 0 radical (unpaired) electrons. The quantitative estimate of drug-likeness (QED) is 0.230. The SMILES string of the molecule is CC(=Nc1c(Nc2ccccc2)c(O)c2ccccc2c1O)c1ccccc1. The highest BCUT2D eigenvalue weighted by Crippen LogP contribution is 2.49. The Kier molecular flexibility index (Phi) is 4.68. The van der Waals surface area contributed by atoms with Crippen LogP contribution in [0.1, 0.15) is 12.5 Å². The van der Waals surface area contributed by atoms with E-state index < -0.39 is 0 Å². The number of hydrogen-bond donors (Lipinski definition) is 3. The summed E-state index contributed by atoms with van der Waals surface area (Å²) < 4.78 is 0. The molecular formula is C24H20N2O2. The minimum absolute atomic E-state index is 0.0297. The molecule has 28 heavy (non-hydrogen) atoms. The first kappa shape index (κ1) is 17.6. The van der Waals surface area contributed by atoms with E-state index in [2.05, 4.69) is 10.3 Å². The third-order valence-corrected chi connectivity index (χ3v) is 4.65. The molecule has 0 fully saturated rings. The number of aliphatic imine (C=N–C) groups is 1. The lowest BCUT2D eigenvalue weighted by atomic mass is 10.0. The van der Waals surface area contributed by atoms with Gasteiger partial charge in [-0.1, -0.05) is 72.8 Å². The number of hydrogen-bond acceptors (Lipinski definition) is 4. The fourth-order valence-electron chi connectivity index (χ4n) is 3.19. The van der Waals surface area contributed by atoms with E-state index in [-0.39, 0.29) is 11.5 Å². The second-order valence-corrected chi connectivity index (χ2v) is 6.52. The van der Waals surface area contributed by atoms with Gasteiger partial charge in [-0.25, -0.2) is 4.99 Å². The summed E-state index contributed by atoms with van der Waals surface area (Å²) in [6.07, 6.45) is 0. The molecule has 0 aliphatic carbocycles. The number of phenols is 2. The maximum Gasteiger partial charge on any atom is 0.151 e. The van der Waals surface area contributed by atoms with Gasteiger partial charge >= 0.3 is 0 Å². The number of phenolic OH excluding ortho intramolecular Hbond substituents is 2. The second-order valence-electron chi connectivity index (χ2n) is 6.52. The number of nitrogens with one attached hydrogen (secondary N) is 1. The van der Waals surface area contributed by atoms with E-state index in [1.54, 1.807) is 12.1 Å². The van der Waals surface area contributed by atoms with Gasteiger partial charge in [-0.2, -0.15) is 0 Å². The molecule has 0 heterocycles. The molecule has 0 bridgehead atoms. The van der Waals surface area contributed by atoms with Gasteiger partial charge in [-0.15, -0.1) is 0 Å². The first-order valence-electron chi connectivity index (χ1n) is 9.04. The number of aromatic hydroxyl groups is 2. The van der Waals surface area contributed by atoms with Gasteiger partial charge in [0.05, 0.1) is 0 Å². The van der Waals surface area contributed by atoms with E-state index in [0.717, 1.165) is 17.0 Å². The fourth-order valence-corrected chi connectivity index (χ4v) is 3.19. The van der Waals surface area contributed by atoms with E-state index >= 15 is 0 Å². The van der Waals surface area contributed by atoms with E-state index in [1.165, 1.54) is 0 Å². The Labute approximate surface area is 163 Å². The highest BCUT2D eigenvalue weighted by molar-refractivity contribution is 6.08. The van der Waals surface area contributed by atoms with Crippen LogP contribution in [0.3, 0.4) is 0 Å². The highest BCUT2D eigenvalue weighted by Gasteiger charge is 2.19. The van der Waals surface area contributed by atoms with E-state index in [1.807, 2.05) is 79.7 Å². The van der Waals surface area contributed by atoms with Crippen molar-refractivity contribution in [2.75, 3.05) is 5.32 Å². The molecule has 0 unspecified atom stereocenters. The van der Waals surface area contributed by atoms with E-state index in [4.69, 9.17) is 0 Å². The molecule has 4 nitrogen and oxygen atoms in total. The van der Waals surface area contributed by atoms with Crippen LogP contribution in [-0.2, 0) is 0 Å². The Bertz CT molecular complexity index is 1150. The Hall–Kier alpha value is -3.79. The number of nitrogens with zero attached hydrogens (tertiary/aromatic N) is 1. The van der Waals surface area contributed by atoms with Gasteiger partial charge in [0.15, 0.2) is 5.75 Å². The average Bonchev–Trinajstić information content (AvgIpc) is 2.75. The summed E-state index contributed by atoms with van der Waals surface area (Å²) in [5.74, 6) is 0.0824. The molecule has 0 spiro atoms. The molecule has 0 amide bonds. The molecule has 3 N–H and O–H groups in total. The Balaban J connectivity index is 1.95. The minimum Gasteiger partial charge on any atom is -0.505 e. The zero-order chi connectivity index (χ0) is 19.5. The fraction of sp³-hybridized carbons (Fsp3) is 0.0417. The molecular weight excluding hydrogens is 348 g/mol. The van der Waals surface area contributed by atoms with Crippen LogP contribution < -0.4 is 5.32 Å². The van der Waals surface area contributed by atoms with Crippen LogP contribution in [0.25, 0.3) is 10.8 Å². The van der Waals surface area contributed by atoms with Crippen molar-refractivity contribution in [3.63, 3.8) is 0 Å². The standard InChI is InChI=1S/C24H20N2O2/c1-16(17-10-4-2-5-11-17)25-21-22(26-18-12-6-3-7-13-18)24(28)20-15-9-8-14-19(20)23(21)27/h2-15,26-28H,1H3. The molecule has 138 valence electrons. The number of anilines is 2. The summed E-state index contributed by atoms with van der Waals surface area (Å²) >= 11 is 0. The van der Waals surface area contributed by atoms with Gasteiger partial charge in [0.1, 0.15) is 17.1 Å². The largest absolute Gasteiger partial charge is 0.505 e. The van der Waals surface area contributed by atoms with Crippen LogP contribution in [0, 0.1) is 0 Å². The predicted molar refractivity (Wildman–Crippen MR) is 115 cm³/mol. The Morgan fingerprint density at radius 3 is 1.89 bits per heavy atom. The van der Waals surface area contributed by atoms with Crippen molar-refractivity contribution in [3.05, 3.63) is 90.5 Å². The maximum absolute atomic E-state index is 11.0. The molecule has 0 atom stereocenters. The summed E-state index contributed by atoms with van der Waals surface area (Å²) in [5.41, 5.74) is 3.15. The number of benzene rings is 4. The van der Waals surface area contributed by atoms with Crippen LogP contribution in [0.2, 0.25) is 0 Å². The van der Waals surface area contributed by atoms with Crippen molar-refractivity contribution < 1.29 is 10.2 Å². The van der Waals surface area contributed by atoms with Gasteiger partial charge in [0, 0.05) is 22.2 Å². The molecule has 4 aromatic carbocycles. The minimum atomic E-state index is 0.0297. The molecule has 4 heteroatoms. The summed E-state index contributed by atoms with van der Waals surface area (Å²) in [4.78, 5) is 4.68. The van der Waals surface area contributed by atoms with Gasteiger partial charge in [0.2, 0.25) is 0 Å². The normalized spacial score (nSPS) is 11.5. The lowest BCUT2D eigenvalue weighted by Gasteiger charge is -2.16. The van der Waals surface area contributed by atoms with Crippen molar-refractivity contribution in [1.29, 1.82) is 0 Å². The van der Waals surface area contributed by atoms with Crippen molar-refractivity contribution in [3.8, 4) is 11.5 Å². The van der Waals surface area contributed by atoms with Crippen molar-refractivity contribution in [2.45, 2.75) is 6.92 Å². The van der Waals surface area contributed by atoms with Crippen LogP contribution in [0.5, 0.6) is 11.5 Å². The molecule has 0 saturated carbocycles. The summed E-state index contributed by atoms with van der Waals surface area (Å²) in [6, 6.07) is 26.4. The summed E-state index contributed by atoms with van der Waals surface area (Å²) in [7, 11) is 0. The first-order valence-corrected chi connectivity index (χ1v) is 9.04. The van der Waals surface area contributed by atoms with Gasteiger partial charge < -0.3 is 15.5 Å². The molecule has 0 saturated heterocycles. The molecule has 4 rings (SSSR count). The second kappa shape index (κ2) is 7.45. The Morgan fingerprint density at radius 2 is 1.25 bits per heavy atom. The topological polar surface area (TPSA) is 64.9 Å².